The number of hydrogen-bond donors (Lipinski definition) is 3. The largest absolute Gasteiger partial charge is 0.490 e. The van der Waals surface area contributed by atoms with Crippen LogP contribution in [0.5, 0.6) is 5.75 Å². The maximum absolute atomic E-state index is 13.4. The number of hydrogen-bond acceptors (Lipinski definition) is 9. The van der Waals surface area contributed by atoms with Gasteiger partial charge in [-0.2, -0.15) is 0 Å². The highest BCUT2D eigenvalue weighted by atomic mass is 35.5. The summed E-state index contributed by atoms with van der Waals surface area (Å²) in [6.45, 7) is 0.364. The summed E-state index contributed by atoms with van der Waals surface area (Å²) in [4.78, 5) is 34.4. The fraction of sp³-hybridized carbons (Fsp3) is 0.172. The van der Waals surface area contributed by atoms with Gasteiger partial charge in [0.1, 0.15) is 24.3 Å². The van der Waals surface area contributed by atoms with Crippen LogP contribution in [0.15, 0.2) is 90.1 Å². The van der Waals surface area contributed by atoms with Crippen molar-refractivity contribution in [3.8, 4) is 5.75 Å². The summed E-state index contributed by atoms with van der Waals surface area (Å²) in [6.07, 6.45) is 3.28. The van der Waals surface area contributed by atoms with Crippen molar-refractivity contribution in [3.05, 3.63) is 107 Å². The molecule has 0 bridgehead atoms. The molecule has 2 aromatic carbocycles. The molecule has 1 unspecified atom stereocenters. The molecule has 0 saturated heterocycles. The second-order valence-electron chi connectivity index (χ2n) is 9.06. The Bertz CT molecular complexity index is 1650. The average Bonchev–Trinajstić information content (AvgIpc) is 2.98. The standard InChI is InChI=1S/C29H28ClN5O6S/c1-42(38,39)22-10-11-23(25(14-22)41-18-21(15-31)40-17-19-6-3-2-4-7-19)28(36)34-24-8-5-13-32-27(24)29(37)35-26-12-9-20(30)16-33-26/h2-14,16,21H,15,17-18,31H2,1H3,(H,34,36)(H,33,35,37). The van der Waals surface area contributed by atoms with Crippen molar-refractivity contribution in [2.75, 3.05) is 30.0 Å². The maximum atomic E-state index is 13.4. The lowest BCUT2D eigenvalue weighted by molar-refractivity contribution is 0.0150. The molecule has 0 aliphatic heterocycles. The van der Waals surface area contributed by atoms with E-state index in [-0.39, 0.29) is 46.6 Å². The van der Waals surface area contributed by atoms with Crippen molar-refractivity contribution in [3.63, 3.8) is 0 Å². The van der Waals surface area contributed by atoms with Crippen LogP contribution >= 0.6 is 11.6 Å². The van der Waals surface area contributed by atoms with Crippen molar-refractivity contribution in [1.29, 1.82) is 0 Å². The molecule has 1 atom stereocenters. The van der Waals surface area contributed by atoms with Crippen molar-refractivity contribution >= 4 is 44.8 Å². The van der Waals surface area contributed by atoms with E-state index in [2.05, 4.69) is 20.6 Å². The number of nitrogens with one attached hydrogen (secondary N) is 2. The van der Waals surface area contributed by atoms with Gasteiger partial charge in [0.15, 0.2) is 15.5 Å². The summed E-state index contributed by atoms with van der Waals surface area (Å²) in [6, 6.07) is 19.5. The number of pyridine rings is 2. The van der Waals surface area contributed by atoms with Gasteiger partial charge in [0.05, 0.1) is 27.8 Å². The van der Waals surface area contributed by atoms with Gasteiger partial charge in [-0.3, -0.25) is 9.59 Å². The summed E-state index contributed by atoms with van der Waals surface area (Å²) >= 11 is 5.85. The normalized spacial score (nSPS) is 11.9. The minimum absolute atomic E-state index is 0.00237. The van der Waals surface area contributed by atoms with Gasteiger partial charge in [-0.05, 0) is 48.0 Å². The molecule has 42 heavy (non-hydrogen) atoms. The summed E-state index contributed by atoms with van der Waals surface area (Å²) in [5.41, 5.74) is 6.87. The molecule has 4 N–H and O–H groups in total. The highest BCUT2D eigenvalue weighted by Crippen LogP contribution is 2.26. The van der Waals surface area contributed by atoms with Gasteiger partial charge in [-0.1, -0.05) is 41.9 Å². The van der Waals surface area contributed by atoms with E-state index in [0.717, 1.165) is 11.8 Å². The molecule has 218 valence electrons. The lowest BCUT2D eigenvalue weighted by Crippen LogP contribution is -2.30. The molecule has 2 amide bonds. The molecule has 13 heteroatoms. The van der Waals surface area contributed by atoms with Crippen LogP contribution in [0.2, 0.25) is 5.02 Å². The van der Waals surface area contributed by atoms with Crippen LogP contribution in [0, 0.1) is 0 Å². The molecule has 0 aliphatic rings. The molecule has 4 aromatic rings. The Morgan fingerprint density at radius 3 is 2.45 bits per heavy atom. The van der Waals surface area contributed by atoms with Gasteiger partial charge in [0.25, 0.3) is 11.8 Å². The van der Waals surface area contributed by atoms with E-state index in [1.54, 1.807) is 12.1 Å². The van der Waals surface area contributed by atoms with Crippen molar-refractivity contribution < 1.29 is 27.5 Å². The third kappa shape index (κ3) is 8.33. The number of halogens is 1. The fourth-order valence-electron chi connectivity index (χ4n) is 3.70. The number of nitrogens with two attached hydrogens (primary N) is 1. The third-order valence-corrected chi connectivity index (χ3v) is 7.22. The number of amides is 2. The first-order valence-corrected chi connectivity index (χ1v) is 14.9. The first-order valence-electron chi connectivity index (χ1n) is 12.7. The lowest BCUT2D eigenvalue weighted by Gasteiger charge is -2.19. The number of ether oxygens (including phenoxy) is 2. The molecule has 0 spiro atoms. The molecule has 0 aliphatic carbocycles. The summed E-state index contributed by atoms with van der Waals surface area (Å²) in [5.74, 6) is -1.04. The SMILES string of the molecule is CS(=O)(=O)c1ccc(C(=O)Nc2cccnc2C(=O)Nc2ccc(Cl)cn2)c(OCC(CN)OCc2ccccc2)c1. The highest BCUT2D eigenvalue weighted by molar-refractivity contribution is 7.90. The van der Waals surface area contributed by atoms with Gasteiger partial charge in [-0.25, -0.2) is 18.4 Å². The number of carbonyl (C=O) groups excluding carboxylic acids is 2. The second-order valence-corrected chi connectivity index (χ2v) is 11.5. The maximum Gasteiger partial charge on any atom is 0.277 e. The van der Waals surface area contributed by atoms with Gasteiger partial charge >= 0.3 is 0 Å². The van der Waals surface area contributed by atoms with Crippen molar-refractivity contribution in [2.24, 2.45) is 5.73 Å². The van der Waals surface area contributed by atoms with Crippen LogP contribution in [0.3, 0.4) is 0 Å². The zero-order valence-electron chi connectivity index (χ0n) is 22.5. The third-order valence-electron chi connectivity index (χ3n) is 5.88. The fourth-order valence-corrected chi connectivity index (χ4v) is 4.45. The van der Waals surface area contributed by atoms with Crippen molar-refractivity contribution in [1.82, 2.24) is 9.97 Å². The first kappa shape index (κ1) is 30.6. The van der Waals surface area contributed by atoms with Gasteiger partial charge in [0, 0.05) is 25.2 Å². The van der Waals surface area contributed by atoms with Crippen LogP contribution in [0.25, 0.3) is 0 Å². The van der Waals surface area contributed by atoms with Gasteiger partial charge < -0.3 is 25.8 Å². The minimum Gasteiger partial charge on any atom is -0.490 e. The van der Waals surface area contributed by atoms with E-state index >= 15 is 0 Å². The number of benzene rings is 2. The molecule has 2 heterocycles. The van der Waals surface area contributed by atoms with E-state index in [4.69, 9.17) is 26.8 Å². The predicted molar refractivity (Wildman–Crippen MR) is 159 cm³/mol. The summed E-state index contributed by atoms with van der Waals surface area (Å²) in [7, 11) is -3.61. The zero-order chi connectivity index (χ0) is 30.1. The number of sulfone groups is 1. The molecular weight excluding hydrogens is 582 g/mol. The summed E-state index contributed by atoms with van der Waals surface area (Å²) in [5, 5.41) is 5.66. The quantitative estimate of drug-likeness (QED) is 0.216. The Labute approximate surface area is 248 Å². The zero-order valence-corrected chi connectivity index (χ0v) is 24.1. The second kappa shape index (κ2) is 14.0. The van der Waals surface area contributed by atoms with Crippen LogP contribution in [-0.2, 0) is 21.2 Å². The van der Waals surface area contributed by atoms with Crippen LogP contribution in [0.4, 0.5) is 11.5 Å². The van der Waals surface area contributed by atoms with Crippen LogP contribution in [-0.4, -0.2) is 55.7 Å². The Morgan fingerprint density at radius 2 is 1.76 bits per heavy atom. The van der Waals surface area contributed by atoms with Crippen LogP contribution in [0.1, 0.15) is 26.4 Å². The van der Waals surface area contributed by atoms with E-state index in [0.29, 0.717) is 11.6 Å². The van der Waals surface area contributed by atoms with Crippen LogP contribution < -0.4 is 21.1 Å². The molecule has 0 radical (unpaired) electrons. The van der Waals surface area contributed by atoms with Gasteiger partial charge in [-0.15, -0.1) is 0 Å². The van der Waals surface area contributed by atoms with Crippen molar-refractivity contribution in [2.45, 2.75) is 17.6 Å². The molecule has 4 rings (SSSR count). The minimum atomic E-state index is -3.61. The lowest BCUT2D eigenvalue weighted by atomic mass is 10.1. The van der Waals surface area contributed by atoms with E-state index in [9.17, 15) is 18.0 Å². The first-order chi connectivity index (χ1) is 20.1. The predicted octanol–water partition coefficient (Wildman–Crippen LogP) is 3.96. The highest BCUT2D eigenvalue weighted by Gasteiger charge is 2.21. The molecule has 0 saturated carbocycles. The molecule has 11 nitrogen and oxygen atoms in total. The monoisotopic (exact) mass is 609 g/mol. The molecule has 0 fully saturated rings. The summed E-state index contributed by atoms with van der Waals surface area (Å²) < 4.78 is 36.2. The number of anilines is 2. The Morgan fingerprint density at radius 1 is 0.976 bits per heavy atom. The molecule has 2 aromatic heterocycles. The molecular formula is C29H28ClN5O6S. The smallest absolute Gasteiger partial charge is 0.277 e. The number of nitrogens with zero attached hydrogens (tertiary/aromatic N) is 2. The average molecular weight is 610 g/mol. The van der Waals surface area contributed by atoms with Gasteiger partial charge in [0.2, 0.25) is 0 Å². The topological polar surface area (TPSA) is 163 Å². The van der Waals surface area contributed by atoms with E-state index in [1.165, 1.54) is 42.7 Å². The number of rotatable bonds is 12. The van der Waals surface area contributed by atoms with E-state index in [1.807, 2.05) is 30.3 Å². The Balaban J connectivity index is 1.53. The Hall–Kier alpha value is -4.36. The van der Waals surface area contributed by atoms with E-state index < -0.39 is 27.8 Å². The number of aromatic nitrogens is 2. The Kier molecular flexibility index (Phi) is 10.2. The number of carbonyl (C=O) groups is 2.